The molecule has 2 atom stereocenters. The number of rotatable bonds is 10. The maximum absolute atomic E-state index is 12.3. The summed E-state index contributed by atoms with van der Waals surface area (Å²) in [5.74, 6) is -0.442. The predicted octanol–water partition coefficient (Wildman–Crippen LogP) is 4.28. The Labute approximate surface area is 155 Å². The van der Waals surface area contributed by atoms with Crippen LogP contribution in [0, 0.1) is 0 Å². The third-order valence-electron chi connectivity index (χ3n) is 3.92. The molecule has 1 aromatic rings. The monoisotopic (exact) mass is 366 g/mol. The third kappa shape index (κ3) is 7.64. The minimum Gasteiger partial charge on any atom is -0.456 e. The molecule has 0 saturated carbocycles. The lowest BCUT2D eigenvalue weighted by Gasteiger charge is -2.31. The zero-order chi connectivity index (χ0) is 20.0. The van der Waals surface area contributed by atoms with Gasteiger partial charge in [0, 0.05) is 18.4 Å². The van der Waals surface area contributed by atoms with E-state index >= 15 is 0 Å². The van der Waals surface area contributed by atoms with Crippen LogP contribution in [0.15, 0.2) is 24.3 Å². The fraction of sp³-hybridized carbons (Fsp3) is 0.600. The number of carbonyl (C=O) groups is 2. The van der Waals surface area contributed by atoms with Crippen molar-refractivity contribution in [1.29, 1.82) is 0 Å². The molecule has 0 aromatic heterocycles. The van der Waals surface area contributed by atoms with Crippen molar-refractivity contribution in [3.05, 3.63) is 35.4 Å². The van der Waals surface area contributed by atoms with E-state index in [1.165, 1.54) is 0 Å². The van der Waals surface area contributed by atoms with Gasteiger partial charge in [-0.05, 0) is 53.7 Å². The van der Waals surface area contributed by atoms with Crippen LogP contribution in [0.1, 0.15) is 75.1 Å². The molecule has 0 aliphatic carbocycles. The lowest BCUT2D eigenvalue weighted by molar-refractivity contribution is -0.318. The van der Waals surface area contributed by atoms with E-state index < -0.39 is 17.2 Å². The van der Waals surface area contributed by atoms with Crippen LogP contribution in [-0.4, -0.2) is 40.9 Å². The van der Waals surface area contributed by atoms with Crippen molar-refractivity contribution in [3.8, 4) is 0 Å². The Kier molecular flexibility index (Phi) is 7.93. The highest BCUT2D eigenvalue weighted by Crippen LogP contribution is 2.24. The van der Waals surface area contributed by atoms with Crippen LogP contribution in [0.5, 0.6) is 0 Å². The molecule has 0 bridgehead atoms. The Morgan fingerprint density at radius 2 is 1.54 bits per heavy atom. The van der Waals surface area contributed by atoms with E-state index in [1.54, 1.807) is 38.1 Å². The van der Waals surface area contributed by atoms with Crippen molar-refractivity contribution in [2.24, 2.45) is 0 Å². The first-order chi connectivity index (χ1) is 12.0. The molecule has 1 rings (SSSR count). The van der Waals surface area contributed by atoms with Gasteiger partial charge in [0.2, 0.25) is 0 Å². The predicted molar refractivity (Wildman–Crippen MR) is 98.4 cm³/mol. The van der Waals surface area contributed by atoms with E-state index in [1.807, 2.05) is 27.7 Å². The molecule has 0 saturated heterocycles. The first-order valence-corrected chi connectivity index (χ1v) is 8.74. The van der Waals surface area contributed by atoms with Crippen molar-refractivity contribution in [1.82, 2.24) is 0 Å². The summed E-state index contributed by atoms with van der Waals surface area (Å²) in [6.07, 6.45) is 1.48. The van der Waals surface area contributed by atoms with Crippen LogP contribution in [0.3, 0.4) is 0 Å². The van der Waals surface area contributed by atoms with Crippen LogP contribution < -0.4 is 0 Å². The van der Waals surface area contributed by atoms with Crippen molar-refractivity contribution in [2.75, 3.05) is 0 Å². The van der Waals surface area contributed by atoms with Crippen molar-refractivity contribution in [3.63, 3.8) is 0 Å². The Bertz CT molecular complexity index is 591. The van der Waals surface area contributed by atoms with Gasteiger partial charge in [-0.2, -0.15) is 0 Å². The maximum Gasteiger partial charge on any atom is 0.338 e. The number of hydrogen-bond acceptors (Lipinski definition) is 6. The van der Waals surface area contributed by atoms with Gasteiger partial charge in [-0.1, -0.05) is 12.1 Å². The highest BCUT2D eigenvalue weighted by atomic mass is 17.1. The first kappa shape index (κ1) is 22.3. The molecule has 0 spiro atoms. The molecule has 0 fully saturated rings. The molecular formula is C20H30O6. The molecule has 6 heteroatoms. The molecule has 6 nitrogen and oxygen atoms in total. The minimum absolute atomic E-state index is 0.130. The maximum atomic E-state index is 12.3. The summed E-state index contributed by atoms with van der Waals surface area (Å²) in [6, 6.07) is 6.30. The summed E-state index contributed by atoms with van der Waals surface area (Å²) in [5.41, 5.74) is -0.504. The molecule has 0 amide bonds. The number of carbonyl (C=O) groups excluding carboxylic acids is 2. The summed E-state index contributed by atoms with van der Waals surface area (Å²) < 4.78 is 11.5. The van der Waals surface area contributed by atoms with E-state index in [-0.39, 0.29) is 12.2 Å². The quantitative estimate of drug-likeness (QED) is 0.288. The van der Waals surface area contributed by atoms with Gasteiger partial charge in [0.25, 0.3) is 0 Å². The number of ether oxygens (including phenoxy) is 2. The first-order valence-electron chi connectivity index (χ1n) is 8.74. The lowest BCUT2D eigenvalue weighted by Crippen LogP contribution is -2.35. The van der Waals surface area contributed by atoms with Gasteiger partial charge in [-0.15, -0.1) is 0 Å². The Balaban J connectivity index is 2.58. The summed E-state index contributed by atoms with van der Waals surface area (Å²) in [5, 5.41) is 8.87. The largest absolute Gasteiger partial charge is 0.456 e. The second kappa shape index (κ2) is 9.26. The summed E-state index contributed by atoms with van der Waals surface area (Å²) in [4.78, 5) is 27.4. The fourth-order valence-corrected chi connectivity index (χ4v) is 2.96. The van der Waals surface area contributed by atoms with Gasteiger partial charge in [0.15, 0.2) is 0 Å². The third-order valence-corrected chi connectivity index (χ3v) is 3.92. The molecule has 1 N–H and O–H groups in total. The van der Waals surface area contributed by atoms with Gasteiger partial charge in [0.1, 0.15) is 17.5 Å². The molecule has 26 heavy (non-hydrogen) atoms. The van der Waals surface area contributed by atoms with Gasteiger partial charge < -0.3 is 9.47 Å². The lowest BCUT2D eigenvalue weighted by atomic mass is 9.99. The topological polar surface area (TPSA) is 82.1 Å². The highest BCUT2D eigenvalue weighted by molar-refractivity contribution is 5.90. The van der Waals surface area contributed by atoms with Crippen LogP contribution in [0.4, 0.5) is 0 Å². The fourth-order valence-electron chi connectivity index (χ4n) is 2.96. The van der Waals surface area contributed by atoms with Gasteiger partial charge in [0.05, 0.1) is 17.8 Å². The molecular weight excluding hydrogens is 336 g/mol. The average Bonchev–Trinajstić information content (AvgIpc) is 2.53. The van der Waals surface area contributed by atoms with Gasteiger partial charge >= 0.3 is 5.97 Å². The smallest absolute Gasteiger partial charge is 0.338 e. The molecule has 0 heterocycles. The summed E-state index contributed by atoms with van der Waals surface area (Å²) in [6.45, 7) is 11.0. The van der Waals surface area contributed by atoms with E-state index in [0.717, 1.165) is 6.29 Å². The van der Waals surface area contributed by atoms with Gasteiger partial charge in [-0.25, -0.2) is 9.68 Å². The minimum atomic E-state index is -0.720. The van der Waals surface area contributed by atoms with Crippen LogP contribution in [0.2, 0.25) is 0 Å². The second-order valence-corrected chi connectivity index (χ2v) is 7.91. The summed E-state index contributed by atoms with van der Waals surface area (Å²) >= 11 is 0. The van der Waals surface area contributed by atoms with Gasteiger partial charge in [-0.3, -0.25) is 10.1 Å². The normalized spacial score (nSPS) is 14.6. The van der Waals surface area contributed by atoms with Crippen molar-refractivity contribution in [2.45, 2.75) is 77.8 Å². The molecule has 0 radical (unpaired) electrons. The molecule has 0 aliphatic rings. The Morgan fingerprint density at radius 1 is 1.04 bits per heavy atom. The van der Waals surface area contributed by atoms with Crippen LogP contribution in [0.25, 0.3) is 0 Å². The van der Waals surface area contributed by atoms with Crippen molar-refractivity contribution < 1.29 is 29.2 Å². The Morgan fingerprint density at radius 3 is 2.00 bits per heavy atom. The highest BCUT2D eigenvalue weighted by Gasteiger charge is 2.29. The second-order valence-electron chi connectivity index (χ2n) is 7.91. The Hall–Kier alpha value is -1.76. The molecule has 146 valence electrons. The van der Waals surface area contributed by atoms with E-state index in [9.17, 15) is 9.59 Å². The number of esters is 1. The molecule has 2 unspecified atom stereocenters. The van der Waals surface area contributed by atoms with Crippen LogP contribution >= 0.6 is 0 Å². The van der Waals surface area contributed by atoms with E-state index in [4.69, 9.17) is 14.7 Å². The zero-order valence-corrected chi connectivity index (χ0v) is 16.4. The zero-order valence-electron chi connectivity index (χ0n) is 16.4. The van der Waals surface area contributed by atoms with Crippen LogP contribution in [-0.2, 0) is 14.4 Å². The van der Waals surface area contributed by atoms with E-state index in [0.29, 0.717) is 24.0 Å². The summed E-state index contributed by atoms with van der Waals surface area (Å²) in [7, 11) is 0. The molecule has 0 aliphatic heterocycles. The molecule has 1 aromatic carbocycles. The van der Waals surface area contributed by atoms with Crippen molar-refractivity contribution >= 4 is 12.3 Å². The standard InChI is InChI=1S/C20H30O6/c1-14(24-15(2)12-20(5,6)26-23)11-19(3,4)25-18(22)17-9-7-16(13-21)8-10-17/h7-10,13-15,23H,11-12H2,1-6H3. The number of benzene rings is 1. The number of hydrogen-bond donors (Lipinski definition) is 1. The SMILES string of the molecule is CC(CC(C)(C)OO)OC(C)CC(C)(C)OC(=O)c1ccc(C=O)cc1. The van der Waals surface area contributed by atoms with E-state index in [2.05, 4.69) is 4.89 Å². The number of aldehydes is 1. The average molecular weight is 366 g/mol.